The van der Waals surface area contributed by atoms with E-state index < -0.39 is 0 Å². The van der Waals surface area contributed by atoms with Crippen molar-refractivity contribution in [3.63, 3.8) is 0 Å². The van der Waals surface area contributed by atoms with Crippen LogP contribution >= 0.6 is 12.6 Å². The second kappa shape index (κ2) is 3.58. The van der Waals surface area contributed by atoms with Crippen LogP contribution in [-0.4, -0.2) is 14.8 Å². The molecule has 0 radical (unpaired) electrons. The highest BCUT2D eigenvalue weighted by Crippen LogP contribution is 2.22. The highest BCUT2D eigenvalue weighted by molar-refractivity contribution is 7.80. The van der Waals surface area contributed by atoms with E-state index in [2.05, 4.69) is 22.7 Å². The van der Waals surface area contributed by atoms with Gasteiger partial charge >= 0.3 is 0 Å². The van der Waals surface area contributed by atoms with Crippen LogP contribution in [0.2, 0.25) is 0 Å². The van der Waals surface area contributed by atoms with Gasteiger partial charge in [0.05, 0.1) is 10.6 Å². The van der Waals surface area contributed by atoms with Gasteiger partial charge in [0, 0.05) is 6.20 Å². The fourth-order valence-electron chi connectivity index (χ4n) is 1.30. The summed E-state index contributed by atoms with van der Waals surface area (Å²) in [5.41, 5.74) is 7.77. The number of nitrogen functional groups attached to an aromatic ring is 1. The maximum atomic E-state index is 5.86. The zero-order valence-electron chi connectivity index (χ0n) is 8.60. The largest absolute Gasteiger partial charge is 0.383 e. The van der Waals surface area contributed by atoms with Crippen molar-refractivity contribution in [1.29, 1.82) is 0 Å². The molecule has 0 aliphatic heterocycles. The van der Waals surface area contributed by atoms with E-state index in [0.29, 0.717) is 16.5 Å². The van der Waals surface area contributed by atoms with Crippen molar-refractivity contribution in [1.82, 2.24) is 14.8 Å². The number of rotatable bonds is 1. The fraction of sp³-hybridized carbons (Fsp3) is 0.200. The topological polar surface area (TPSA) is 56.7 Å². The number of anilines is 1. The number of aromatic nitrogens is 3. The van der Waals surface area contributed by atoms with Gasteiger partial charge in [-0.3, -0.25) is 0 Å². The molecule has 2 aromatic heterocycles. The van der Waals surface area contributed by atoms with Crippen LogP contribution < -0.4 is 5.73 Å². The minimum absolute atomic E-state index is 0.521. The van der Waals surface area contributed by atoms with Crippen LogP contribution in [0.25, 0.3) is 5.82 Å². The Labute approximate surface area is 93.5 Å². The zero-order valence-corrected chi connectivity index (χ0v) is 9.49. The first-order valence-corrected chi connectivity index (χ1v) is 5.01. The fourth-order valence-corrected chi connectivity index (χ4v) is 1.44. The van der Waals surface area contributed by atoms with E-state index in [1.54, 1.807) is 10.9 Å². The molecule has 0 bridgehead atoms. The average Bonchev–Trinajstić information content (AvgIpc) is 2.47. The summed E-state index contributed by atoms with van der Waals surface area (Å²) in [4.78, 5) is 4.96. The van der Waals surface area contributed by atoms with E-state index >= 15 is 0 Å². The molecule has 2 heterocycles. The van der Waals surface area contributed by atoms with Crippen molar-refractivity contribution in [3.05, 3.63) is 29.6 Å². The Morgan fingerprint density at radius 2 is 2.07 bits per heavy atom. The summed E-state index contributed by atoms with van der Waals surface area (Å²) in [5.74, 6) is 1.23. The van der Waals surface area contributed by atoms with Crippen molar-refractivity contribution in [3.8, 4) is 5.82 Å². The van der Waals surface area contributed by atoms with E-state index in [1.807, 2.05) is 26.0 Å². The van der Waals surface area contributed by atoms with Crippen LogP contribution in [0.4, 0.5) is 5.82 Å². The number of thiol groups is 1. The number of nitrogens with zero attached hydrogens (tertiary/aromatic N) is 3. The van der Waals surface area contributed by atoms with Gasteiger partial charge in [-0.05, 0) is 25.5 Å². The first-order valence-electron chi connectivity index (χ1n) is 4.56. The summed E-state index contributed by atoms with van der Waals surface area (Å²) in [6.07, 6.45) is 1.78. The SMILES string of the molecule is Cc1ccc(-n2nc(C)c(S)c2N)nc1. The predicted molar refractivity (Wildman–Crippen MR) is 62.5 cm³/mol. The number of hydrogen-bond acceptors (Lipinski definition) is 4. The smallest absolute Gasteiger partial charge is 0.155 e. The van der Waals surface area contributed by atoms with Crippen LogP contribution in [0.1, 0.15) is 11.3 Å². The van der Waals surface area contributed by atoms with Crippen molar-refractivity contribution >= 4 is 18.4 Å². The van der Waals surface area contributed by atoms with Gasteiger partial charge in [-0.2, -0.15) is 9.78 Å². The lowest BCUT2D eigenvalue weighted by Gasteiger charge is -2.02. The monoisotopic (exact) mass is 220 g/mol. The van der Waals surface area contributed by atoms with Crippen LogP contribution in [0.5, 0.6) is 0 Å². The average molecular weight is 220 g/mol. The Morgan fingerprint density at radius 1 is 1.33 bits per heavy atom. The molecule has 2 N–H and O–H groups in total. The van der Waals surface area contributed by atoms with Crippen molar-refractivity contribution in [2.75, 3.05) is 5.73 Å². The molecular weight excluding hydrogens is 208 g/mol. The van der Waals surface area contributed by atoms with Crippen LogP contribution in [0.15, 0.2) is 23.2 Å². The maximum absolute atomic E-state index is 5.86. The van der Waals surface area contributed by atoms with Gasteiger partial charge in [0.15, 0.2) is 5.82 Å². The van der Waals surface area contributed by atoms with Crippen molar-refractivity contribution < 1.29 is 0 Å². The second-order valence-corrected chi connectivity index (χ2v) is 3.87. The number of aryl methyl sites for hydroxylation is 2. The molecule has 2 aromatic rings. The summed E-state index contributed by atoms with van der Waals surface area (Å²) in [7, 11) is 0. The number of hydrogen-bond donors (Lipinski definition) is 2. The third-order valence-electron chi connectivity index (χ3n) is 2.18. The van der Waals surface area contributed by atoms with E-state index in [-0.39, 0.29) is 0 Å². The lowest BCUT2D eigenvalue weighted by molar-refractivity contribution is 0.840. The summed E-state index contributed by atoms with van der Waals surface area (Å²) in [5, 5.41) is 4.26. The number of nitrogens with two attached hydrogens (primary N) is 1. The van der Waals surface area contributed by atoms with Crippen molar-refractivity contribution in [2.45, 2.75) is 18.7 Å². The second-order valence-electron chi connectivity index (χ2n) is 3.42. The molecule has 78 valence electrons. The molecule has 0 aliphatic rings. The van der Waals surface area contributed by atoms with Gasteiger partial charge in [-0.25, -0.2) is 4.98 Å². The lowest BCUT2D eigenvalue weighted by atomic mass is 10.3. The molecule has 0 spiro atoms. The molecule has 0 atom stereocenters. The van der Waals surface area contributed by atoms with Gasteiger partial charge in [0.25, 0.3) is 0 Å². The Hall–Kier alpha value is -1.49. The summed E-state index contributed by atoms with van der Waals surface area (Å²) in [6, 6.07) is 3.85. The molecular formula is C10H12N4S. The Bertz CT molecular complexity index is 487. The van der Waals surface area contributed by atoms with Gasteiger partial charge in [0.1, 0.15) is 5.82 Å². The minimum Gasteiger partial charge on any atom is -0.383 e. The molecule has 5 heteroatoms. The first kappa shape index (κ1) is 10.0. The third kappa shape index (κ3) is 1.70. The highest BCUT2D eigenvalue weighted by Gasteiger charge is 2.10. The molecule has 2 rings (SSSR count). The molecule has 4 nitrogen and oxygen atoms in total. The minimum atomic E-state index is 0.521. The molecule has 0 aromatic carbocycles. The predicted octanol–water partition coefficient (Wildman–Crippen LogP) is 1.76. The summed E-state index contributed by atoms with van der Waals surface area (Å²) in [6.45, 7) is 3.85. The third-order valence-corrected chi connectivity index (χ3v) is 2.73. The Kier molecular flexibility index (Phi) is 2.40. The Morgan fingerprint density at radius 3 is 2.53 bits per heavy atom. The quantitative estimate of drug-likeness (QED) is 0.720. The van der Waals surface area contributed by atoms with Crippen LogP contribution in [-0.2, 0) is 0 Å². The van der Waals surface area contributed by atoms with Crippen LogP contribution in [0.3, 0.4) is 0 Å². The van der Waals surface area contributed by atoms with E-state index in [0.717, 1.165) is 11.3 Å². The molecule has 0 unspecified atom stereocenters. The first-order chi connectivity index (χ1) is 7.09. The van der Waals surface area contributed by atoms with Gasteiger partial charge < -0.3 is 5.73 Å². The van der Waals surface area contributed by atoms with Crippen LogP contribution in [0, 0.1) is 13.8 Å². The molecule has 0 amide bonds. The Balaban J connectivity index is 2.54. The number of pyridine rings is 1. The van der Waals surface area contributed by atoms with Gasteiger partial charge in [-0.15, -0.1) is 12.6 Å². The van der Waals surface area contributed by atoms with E-state index in [9.17, 15) is 0 Å². The summed E-state index contributed by atoms with van der Waals surface area (Å²) < 4.78 is 1.59. The molecule has 15 heavy (non-hydrogen) atoms. The molecule has 0 aliphatic carbocycles. The standard InChI is InChI=1S/C10H12N4S/c1-6-3-4-8(12-5-6)14-10(11)9(15)7(2)13-14/h3-5,15H,11H2,1-2H3. The normalized spacial score (nSPS) is 10.6. The molecule has 0 saturated carbocycles. The highest BCUT2D eigenvalue weighted by atomic mass is 32.1. The van der Waals surface area contributed by atoms with E-state index in [4.69, 9.17) is 5.73 Å². The van der Waals surface area contributed by atoms with Gasteiger partial charge in [0.2, 0.25) is 0 Å². The summed E-state index contributed by atoms with van der Waals surface area (Å²) >= 11 is 4.27. The zero-order chi connectivity index (χ0) is 11.0. The van der Waals surface area contributed by atoms with Crippen molar-refractivity contribution in [2.24, 2.45) is 0 Å². The van der Waals surface area contributed by atoms with E-state index in [1.165, 1.54) is 0 Å². The molecule has 0 saturated heterocycles. The lowest BCUT2D eigenvalue weighted by Crippen LogP contribution is -2.04. The van der Waals surface area contributed by atoms with Gasteiger partial charge in [-0.1, -0.05) is 6.07 Å². The maximum Gasteiger partial charge on any atom is 0.155 e. The molecule has 0 fully saturated rings.